The quantitative estimate of drug-likeness (QED) is 0.472. The molecule has 7 heteroatoms. The van der Waals surface area contributed by atoms with E-state index in [0.717, 1.165) is 43.4 Å². The lowest BCUT2D eigenvalue weighted by Crippen LogP contribution is -3.15. The van der Waals surface area contributed by atoms with E-state index in [1.54, 1.807) is 7.11 Å². The number of nitrogens with one attached hydrogen (secondary N) is 3. The number of anilines is 1. The Hall–Kier alpha value is -1.70. The summed E-state index contributed by atoms with van der Waals surface area (Å²) in [5, 5.41) is 7.09. The van der Waals surface area contributed by atoms with Crippen molar-refractivity contribution in [3.63, 3.8) is 0 Å². The molecule has 1 aliphatic heterocycles. The smallest absolute Gasteiger partial charge is 0.275 e. The molecule has 0 radical (unpaired) electrons. The average molecular weight is 380 g/mol. The molecule has 0 saturated carbocycles. The highest BCUT2D eigenvalue weighted by molar-refractivity contribution is 7.80. The maximum atomic E-state index is 12.0. The molecule has 1 aromatic rings. The Morgan fingerprint density at radius 2 is 2.04 bits per heavy atom. The highest BCUT2D eigenvalue weighted by Gasteiger charge is 2.23. The molecule has 1 amide bonds. The minimum Gasteiger partial charge on any atom is -0.385 e. The highest BCUT2D eigenvalue weighted by atomic mass is 32.1. The van der Waals surface area contributed by atoms with Crippen molar-refractivity contribution in [1.29, 1.82) is 0 Å². The van der Waals surface area contributed by atoms with Gasteiger partial charge >= 0.3 is 0 Å². The molecule has 0 atom stereocenters. The Bertz CT molecular complexity index is 616. The third-order valence-electron chi connectivity index (χ3n) is 4.86. The lowest BCUT2D eigenvalue weighted by Gasteiger charge is -2.33. The molecule has 1 fully saturated rings. The fourth-order valence-corrected chi connectivity index (χ4v) is 3.31. The van der Waals surface area contributed by atoms with E-state index in [4.69, 9.17) is 17.0 Å². The fourth-order valence-electron chi connectivity index (χ4n) is 3.02. The number of carbonyl (C=O) groups is 1. The van der Waals surface area contributed by atoms with Gasteiger partial charge in [0.2, 0.25) is 0 Å². The van der Waals surface area contributed by atoms with Gasteiger partial charge in [-0.05, 0) is 49.7 Å². The molecule has 3 N–H and O–H groups in total. The van der Waals surface area contributed by atoms with Crippen LogP contribution < -0.4 is 15.5 Å². The first-order chi connectivity index (χ1) is 12.5. The second-order valence-corrected chi connectivity index (χ2v) is 7.17. The first kappa shape index (κ1) is 20.6. The third kappa shape index (κ3) is 6.23. The van der Waals surface area contributed by atoms with Crippen LogP contribution in [-0.4, -0.2) is 68.9 Å². The number of rotatable bonds is 7. The van der Waals surface area contributed by atoms with Crippen LogP contribution in [0, 0.1) is 13.8 Å². The molecule has 1 heterocycles. The summed E-state index contributed by atoms with van der Waals surface area (Å²) in [4.78, 5) is 15.5. The SMILES string of the molecule is COCCCNC(=O)C[NH+]1CCN(C(=S)Nc2cccc(C)c2C)CC1. The van der Waals surface area contributed by atoms with Gasteiger partial charge in [-0.3, -0.25) is 4.79 Å². The van der Waals surface area contributed by atoms with E-state index < -0.39 is 0 Å². The predicted octanol–water partition coefficient (Wildman–Crippen LogP) is 0.353. The zero-order valence-corrected chi connectivity index (χ0v) is 16.9. The van der Waals surface area contributed by atoms with Crippen LogP contribution in [0.2, 0.25) is 0 Å². The minimum absolute atomic E-state index is 0.112. The largest absolute Gasteiger partial charge is 0.385 e. The van der Waals surface area contributed by atoms with Gasteiger partial charge in [0.25, 0.3) is 5.91 Å². The first-order valence-corrected chi connectivity index (χ1v) is 9.63. The summed E-state index contributed by atoms with van der Waals surface area (Å²) in [6.07, 6.45) is 0.851. The monoisotopic (exact) mass is 379 g/mol. The minimum atomic E-state index is 0.112. The zero-order valence-electron chi connectivity index (χ0n) is 16.1. The van der Waals surface area contributed by atoms with Crippen molar-refractivity contribution < 1.29 is 14.4 Å². The summed E-state index contributed by atoms with van der Waals surface area (Å²) in [6, 6.07) is 6.21. The highest BCUT2D eigenvalue weighted by Crippen LogP contribution is 2.18. The number of ether oxygens (including phenoxy) is 1. The van der Waals surface area contributed by atoms with E-state index in [1.807, 2.05) is 6.07 Å². The Labute approximate surface area is 161 Å². The van der Waals surface area contributed by atoms with Crippen LogP contribution >= 0.6 is 12.2 Å². The lowest BCUT2D eigenvalue weighted by molar-refractivity contribution is -0.895. The molecule has 2 rings (SSSR count). The summed E-state index contributed by atoms with van der Waals surface area (Å²) < 4.78 is 4.98. The zero-order chi connectivity index (χ0) is 18.9. The Morgan fingerprint density at radius 1 is 1.31 bits per heavy atom. The summed E-state index contributed by atoms with van der Waals surface area (Å²) in [5.74, 6) is 0.112. The molecular formula is C19H31N4O2S+. The number of aryl methyl sites for hydroxylation is 1. The van der Waals surface area contributed by atoms with E-state index >= 15 is 0 Å². The average Bonchev–Trinajstić information content (AvgIpc) is 2.63. The number of quaternary nitrogens is 1. The number of hydrogen-bond acceptors (Lipinski definition) is 3. The van der Waals surface area contributed by atoms with Gasteiger partial charge in [-0.15, -0.1) is 0 Å². The van der Waals surface area contributed by atoms with Gasteiger partial charge in [0, 0.05) is 25.9 Å². The summed E-state index contributed by atoms with van der Waals surface area (Å²) in [6.45, 7) is 9.65. The molecule has 144 valence electrons. The molecule has 1 aromatic carbocycles. The van der Waals surface area contributed by atoms with Crippen LogP contribution in [-0.2, 0) is 9.53 Å². The molecule has 6 nitrogen and oxygen atoms in total. The standard InChI is InChI=1S/C19H30N4O2S/c1-15-6-4-7-17(16(15)2)21-19(26)23-11-9-22(10-12-23)14-18(24)20-8-5-13-25-3/h4,6-7H,5,8-14H2,1-3H3,(H,20,24)(H,21,26)/p+1. The van der Waals surface area contributed by atoms with E-state index in [2.05, 4.69) is 41.5 Å². The van der Waals surface area contributed by atoms with E-state index in [1.165, 1.54) is 16.0 Å². The fraction of sp³-hybridized carbons (Fsp3) is 0.579. The Morgan fingerprint density at radius 3 is 2.73 bits per heavy atom. The summed E-state index contributed by atoms with van der Waals surface area (Å²) in [7, 11) is 1.67. The number of thiocarbonyl (C=S) groups is 1. The maximum absolute atomic E-state index is 12.0. The van der Waals surface area contributed by atoms with Crippen molar-refractivity contribution in [2.24, 2.45) is 0 Å². The van der Waals surface area contributed by atoms with Crippen LogP contribution in [0.15, 0.2) is 18.2 Å². The second-order valence-electron chi connectivity index (χ2n) is 6.79. The number of amides is 1. The van der Waals surface area contributed by atoms with Crippen molar-refractivity contribution in [2.75, 3.05) is 58.3 Å². The lowest BCUT2D eigenvalue weighted by atomic mass is 10.1. The third-order valence-corrected chi connectivity index (χ3v) is 5.22. The van der Waals surface area contributed by atoms with Crippen molar-refractivity contribution >= 4 is 28.9 Å². The number of methoxy groups -OCH3 is 1. The van der Waals surface area contributed by atoms with Gasteiger partial charge in [-0.1, -0.05) is 12.1 Å². The number of carbonyl (C=O) groups excluding carboxylic acids is 1. The Balaban J connectivity index is 1.73. The molecule has 0 aromatic heterocycles. The van der Waals surface area contributed by atoms with E-state index in [0.29, 0.717) is 19.7 Å². The normalized spacial score (nSPS) is 15.0. The van der Waals surface area contributed by atoms with Crippen molar-refractivity contribution in [1.82, 2.24) is 10.2 Å². The molecule has 26 heavy (non-hydrogen) atoms. The topological polar surface area (TPSA) is 58.0 Å². The molecule has 0 bridgehead atoms. The molecule has 0 aliphatic carbocycles. The Kier molecular flexibility index (Phi) is 8.28. The molecule has 1 saturated heterocycles. The number of nitrogens with zero attached hydrogens (tertiary/aromatic N) is 1. The molecule has 0 spiro atoms. The van der Waals surface area contributed by atoms with E-state index in [-0.39, 0.29) is 5.91 Å². The first-order valence-electron chi connectivity index (χ1n) is 9.22. The van der Waals surface area contributed by atoms with Crippen LogP contribution in [0.1, 0.15) is 17.5 Å². The van der Waals surface area contributed by atoms with Gasteiger partial charge in [0.15, 0.2) is 11.7 Å². The van der Waals surface area contributed by atoms with Crippen LogP contribution in [0.4, 0.5) is 5.69 Å². The van der Waals surface area contributed by atoms with Crippen LogP contribution in [0.3, 0.4) is 0 Å². The van der Waals surface area contributed by atoms with Crippen molar-refractivity contribution in [3.8, 4) is 0 Å². The molecule has 0 unspecified atom stereocenters. The van der Waals surface area contributed by atoms with Gasteiger partial charge in [0.05, 0.1) is 26.2 Å². The van der Waals surface area contributed by atoms with Gasteiger partial charge in [0.1, 0.15) is 0 Å². The number of benzene rings is 1. The van der Waals surface area contributed by atoms with E-state index in [9.17, 15) is 4.79 Å². The van der Waals surface area contributed by atoms with Crippen molar-refractivity contribution in [3.05, 3.63) is 29.3 Å². The van der Waals surface area contributed by atoms with Gasteiger partial charge in [-0.25, -0.2) is 0 Å². The van der Waals surface area contributed by atoms with Crippen LogP contribution in [0.5, 0.6) is 0 Å². The summed E-state index contributed by atoms with van der Waals surface area (Å²) in [5.41, 5.74) is 3.55. The summed E-state index contributed by atoms with van der Waals surface area (Å²) >= 11 is 5.58. The molecule has 1 aliphatic rings. The number of hydrogen-bond donors (Lipinski definition) is 3. The second kappa shape index (κ2) is 10.4. The molecular weight excluding hydrogens is 348 g/mol. The predicted molar refractivity (Wildman–Crippen MR) is 109 cm³/mol. The van der Waals surface area contributed by atoms with Gasteiger partial charge in [-0.2, -0.15) is 0 Å². The van der Waals surface area contributed by atoms with Crippen LogP contribution in [0.25, 0.3) is 0 Å². The number of piperazine rings is 1. The van der Waals surface area contributed by atoms with Gasteiger partial charge < -0.3 is 25.2 Å². The van der Waals surface area contributed by atoms with Crippen molar-refractivity contribution in [2.45, 2.75) is 20.3 Å². The maximum Gasteiger partial charge on any atom is 0.275 e.